The van der Waals surface area contributed by atoms with Crippen LogP contribution >= 0.6 is 11.8 Å². The molecule has 1 heterocycles. The van der Waals surface area contributed by atoms with Gasteiger partial charge in [-0.05, 0) is 36.8 Å². The third kappa shape index (κ3) is 3.48. The Morgan fingerprint density at radius 1 is 1.30 bits per heavy atom. The van der Waals surface area contributed by atoms with Crippen LogP contribution in [0, 0.1) is 5.92 Å². The van der Waals surface area contributed by atoms with E-state index >= 15 is 0 Å². The van der Waals surface area contributed by atoms with E-state index in [1.807, 2.05) is 24.3 Å². The molecule has 0 aliphatic carbocycles. The van der Waals surface area contributed by atoms with Crippen molar-refractivity contribution in [3.63, 3.8) is 0 Å². The molecule has 20 heavy (non-hydrogen) atoms. The summed E-state index contributed by atoms with van der Waals surface area (Å²) in [4.78, 5) is 11.0. The number of benzene rings is 1. The van der Waals surface area contributed by atoms with E-state index in [0.717, 1.165) is 27.8 Å². The monoisotopic (exact) mass is 290 g/mol. The first-order valence-electron chi connectivity index (χ1n) is 6.54. The second-order valence-electron chi connectivity index (χ2n) is 4.67. The van der Waals surface area contributed by atoms with Crippen LogP contribution in [0.1, 0.15) is 25.8 Å². The molecule has 0 amide bonds. The van der Waals surface area contributed by atoms with E-state index < -0.39 is 0 Å². The summed E-state index contributed by atoms with van der Waals surface area (Å²) in [5.41, 5.74) is 2.03. The molecule has 1 aliphatic rings. The summed E-state index contributed by atoms with van der Waals surface area (Å²) in [7, 11) is 1.65. The molecule has 1 unspecified atom stereocenters. The predicted molar refractivity (Wildman–Crippen MR) is 83.9 cm³/mol. The van der Waals surface area contributed by atoms with Crippen LogP contribution in [-0.2, 0) is 4.79 Å². The first-order chi connectivity index (χ1) is 9.61. The molecular weight excluding hydrogens is 272 g/mol. The fraction of sp³-hybridized carbons (Fsp3) is 0.400. The highest BCUT2D eigenvalue weighted by molar-refractivity contribution is 8.14. The van der Waals surface area contributed by atoms with Crippen LogP contribution in [0.4, 0.5) is 0 Å². The van der Waals surface area contributed by atoms with Gasteiger partial charge in [-0.2, -0.15) is 5.10 Å². The molecule has 0 saturated carbocycles. The van der Waals surface area contributed by atoms with Gasteiger partial charge in [0.1, 0.15) is 16.6 Å². The first kappa shape index (κ1) is 14.8. The van der Waals surface area contributed by atoms with Crippen molar-refractivity contribution in [3.8, 4) is 5.75 Å². The minimum absolute atomic E-state index is 0.181. The van der Waals surface area contributed by atoms with Crippen LogP contribution in [0.15, 0.2) is 34.5 Å². The van der Waals surface area contributed by atoms with Crippen LogP contribution in [0.3, 0.4) is 0 Å². The Bertz CT molecular complexity index is 549. The van der Waals surface area contributed by atoms with Crippen molar-refractivity contribution in [1.29, 1.82) is 0 Å². The van der Waals surface area contributed by atoms with E-state index in [0.29, 0.717) is 6.42 Å². The Morgan fingerprint density at radius 2 is 2.00 bits per heavy atom. The molecule has 0 saturated heterocycles. The van der Waals surface area contributed by atoms with Crippen LogP contribution in [0.2, 0.25) is 0 Å². The number of ether oxygens (including phenoxy) is 1. The number of carbonyl (C=O) groups is 1. The van der Waals surface area contributed by atoms with Gasteiger partial charge in [-0.3, -0.25) is 4.79 Å². The standard InChI is InChI=1S/C15H18N2O2S/c1-10(18)8-9-20-15-11(2)14(16-17-15)12-4-6-13(19-3)7-5-12/h4-7,11H,8-9H2,1-3H3. The second-order valence-corrected chi connectivity index (χ2v) is 5.79. The van der Waals surface area contributed by atoms with E-state index in [1.165, 1.54) is 0 Å². The summed E-state index contributed by atoms with van der Waals surface area (Å²) < 4.78 is 5.15. The molecule has 1 aromatic carbocycles. The molecule has 106 valence electrons. The zero-order valence-corrected chi connectivity index (χ0v) is 12.7. The van der Waals surface area contributed by atoms with Gasteiger partial charge < -0.3 is 4.74 Å². The highest BCUT2D eigenvalue weighted by atomic mass is 32.2. The lowest BCUT2D eigenvalue weighted by molar-refractivity contribution is -0.116. The van der Waals surface area contributed by atoms with Crippen LogP contribution < -0.4 is 4.74 Å². The van der Waals surface area contributed by atoms with Gasteiger partial charge in [0.05, 0.1) is 18.7 Å². The Morgan fingerprint density at radius 3 is 2.60 bits per heavy atom. The van der Waals surface area contributed by atoms with Crippen molar-refractivity contribution in [2.24, 2.45) is 16.1 Å². The average molecular weight is 290 g/mol. The summed E-state index contributed by atoms with van der Waals surface area (Å²) in [6.07, 6.45) is 0.578. The molecule has 0 N–H and O–H groups in total. The Kier molecular flexibility index (Phi) is 4.95. The Hall–Kier alpha value is -1.62. The molecular formula is C15H18N2O2S. The van der Waals surface area contributed by atoms with Crippen molar-refractivity contribution < 1.29 is 9.53 Å². The molecule has 0 aromatic heterocycles. The molecule has 1 aromatic rings. The van der Waals surface area contributed by atoms with Crippen molar-refractivity contribution in [2.75, 3.05) is 12.9 Å². The molecule has 0 fully saturated rings. The van der Waals surface area contributed by atoms with E-state index in [2.05, 4.69) is 17.1 Å². The van der Waals surface area contributed by atoms with E-state index in [-0.39, 0.29) is 11.7 Å². The molecule has 5 heteroatoms. The quantitative estimate of drug-likeness (QED) is 0.837. The Labute approximate surface area is 123 Å². The fourth-order valence-corrected chi connectivity index (χ4v) is 2.97. The normalized spacial score (nSPS) is 17.6. The second kappa shape index (κ2) is 6.70. The van der Waals surface area contributed by atoms with E-state index in [9.17, 15) is 4.79 Å². The van der Waals surface area contributed by atoms with Crippen LogP contribution in [-0.4, -0.2) is 29.4 Å². The van der Waals surface area contributed by atoms with Crippen molar-refractivity contribution >= 4 is 28.3 Å². The molecule has 2 rings (SSSR count). The minimum atomic E-state index is 0.181. The van der Waals surface area contributed by atoms with Gasteiger partial charge in [0, 0.05) is 12.2 Å². The maximum atomic E-state index is 11.0. The molecule has 1 aliphatic heterocycles. The maximum absolute atomic E-state index is 11.0. The smallest absolute Gasteiger partial charge is 0.130 e. The largest absolute Gasteiger partial charge is 0.497 e. The lowest BCUT2D eigenvalue weighted by Gasteiger charge is -2.10. The number of thioether (sulfide) groups is 1. The van der Waals surface area contributed by atoms with Crippen molar-refractivity contribution in [3.05, 3.63) is 29.8 Å². The van der Waals surface area contributed by atoms with Gasteiger partial charge in [-0.1, -0.05) is 6.92 Å². The number of ketones is 1. The van der Waals surface area contributed by atoms with Crippen LogP contribution in [0.25, 0.3) is 0 Å². The number of methoxy groups -OCH3 is 1. The SMILES string of the molecule is COc1ccc(C2=NN=C(SCCC(C)=O)C2C)cc1. The number of hydrogen-bond acceptors (Lipinski definition) is 5. The maximum Gasteiger partial charge on any atom is 0.130 e. The zero-order valence-electron chi connectivity index (χ0n) is 11.9. The first-order valence-corrected chi connectivity index (χ1v) is 7.52. The molecule has 0 bridgehead atoms. The molecule has 1 atom stereocenters. The lowest BCUT2D eigenvalue weighted by atomic mass is 10.00. The van der Waals surface area contributed by atoms with Gasteiger partial charge in [0.2, 0.25) is 0 Å². The number of rotatable bonds is 5. The minimum Gasteiger partial charge on any atom is -0.497 e. The van der Waals surface area contributed by atoms with Gasteiger partial charge >= 0.3 is 0 Å². The third-order valence-electron chi connectivity index (χ3n) is 3.13. The topological polar surface area (TPSA) is 51.0 Å². The lowest BCUT2D eigenvalue weighted by Crippen LogP contribution is -2.16. The van der Waals surface area contributed by atoms with E-state index in [4.69, 9.17) is 4.74 Å². The highest BCUT2D eigenvalue weighted by Gasteiger charge is 2.24. The van der Waals surface area contributed by atoms with Gasteiger partial charge in [-0.15, -0.1) is 16.9 Å². The molecule has 0 spiro atoms. The van der Waals surface area contributed by atoms with Gasteiger partial charge in [-0.25, -0.2) is 0 Å². The predicted octanol–water partition coefficient (Wildman–Crippen LogP) is 3.16. The summed E-state index contributed by atoms with van der Waals surface area (Å²) in [5, 5.41) is 9.50. The summed E-state index contributed by atoms with van der Waals surface area (Å²) in [5.74, 6) is 1.99. The number of carbonyl (C=O) groups excluding carboxylic acids is 1. The third-order valence-corrected chi connectivity index (χ3v) is 4.27. The van der Waals surface area contributed by atoms with Crippen molar-refractivity contribution in [2.45, 2.75) is 20.3 Å². The molecule has 0 radical (unpaired) electrons. The number of nitrogens with zero attached hydrogens (tertiary/aromatic N) is 2. The summed E-state index contributed by atoms with van der Waals surface area (Å²) in [6.45, 7) is 3.70. The number of hydrogen-bond donors (Lipinski definition) is 0. The average Bonchev–Trinajstić information content (AvgIpc) is 2.80. The number of Topliss-reactive ketones (excluding diaryl/α,β-unsaturated/α-hetero) is 1. The Balaban J connectivity index is 1.97. The van der Waals surface area contributed by atoms with Gasteiger partial charge in [0.15, 0.2) is 0 Å². The molecule has 4 nitrogen and oxygen atoms in total. The van der Waals surface area contributed by atoms with Gasteiger partial charge in [0.25, 0.3) is 0 Å². The highest BCUT2D eigenvalue weighted by Crippen LogP contribution is 2.25. The van der Waals surface area contributed by atoms with Crippen LogP contribution in [0.5, 0.6) is 5.75 Å². The van der Waals surface area contributed by atoms with Crippen molar-refractivity contribution in [1.82, 2.24) is 0 Å². The fourth-order valence-electron chi connectivity index (χ4n) is 1.92. The summed E-state index contributed by atoms with van der Waals surface area (Å²) >= 11 is 1.62. The zero-order chi connectivity index (χ0) is 14.5. The summed E-state index contributed by atoms with van der Waals surface area (Å²) in [6, 6.07) is 7.83. The van der Waals surface area contributed by atoms with E-state index in [1.54, 1.807) is 25.8 Å².